The van der Waals surface area contributed by atoms with Crippen LogP contribution in [0.4, 0.5) is 0 Å². The van der Waals surface area contributed by atoms with Crippen molar-refractivity contribution in [3.8, 4) is 0 Å². The molecule has 5 heteroatoms. The van der Waals surface area contributed by atoms with Gasteiger partial charge >= 0.3 is 5.97 Å². The van der Waals surface area contributed by atoms with Crippen molar-refractivity contribution in [2.75, 3.05) is 7.11 Å². The van der Waals surface area contributed by atoms with Gasteiger partial charge in [0.15, 0.2) is 0 Å². The van der Waals surface area contributed by atoms with Crippen molar-refractivity contribution in [3.05, 3.63) is 0 Å². The molecule has 0 aromatic heterocycles. The fourth-order valence-electron chi connectivity index (χ4n) is 0.904. The van der Waals surface area contributed by atoms with E-state index in [1.807, 2.05) is 20.8 Å². The van der Waals surface area contributed by atoms with Crippen LogP contribution in [0.25, 0.3) is 0 Å². The van der Waals surface area contributed by atoms with Gasteiger partial charge in [0.05, 0.1) is 13.5 Å². The van der Waals surface area contributed by atoms with Gasteiger partial charge in [-0.15, -0.1) is 0 Å². The number of methoxy groups -OCH3 is 1. The summed E-state index contributed by atoms with van der Waals surface area (Å²) in [6, 6.07) is -0.887. The lowest BCUT2D eigenvalue weighted by Crippen LogP contribution is -2.44. The van der Waals surface area contributed by atoms with Gasteiger partial charge in [-0.2, -0.15) is 0 Å². The summed E-state index contributed by atoms with van der Waals surface area (Å²) >= 11 is 0. The third-order valence-electron chi connectivity index (χ3n) is 1.42. The first kappa shape index (κ1) is 12.9. The van der Waals surface area contributed by atoms with E-state index in [0.717, 1.165) is 0 Å². The average molecular weight is 202 g/mol. The number of carbonyl (C=O) groups excluding carboxylic acids is 2. The standard InChI is InChI=1S/C9H18N2O3/c1-9(2,3)11-7(12)5-6(10)8(13)14-4/h6H,5,10H2,1-4H3,(H,11,12)/t6-/m0/s1. The van der Waals surface area contributed by atoms with E-state index < -0.39 is 12.0 Å². The maximum Gasteiger partial charge on any atom is 0.323 e. The Morgan fingerprint density at radius 2 is 1.93 bits per heavy atom. The molecule has 1 amide bonds. The number of amides is 1. The predicted octanol–water partition coefficient (Wildman–Crippen LogP) is -0.208. The van der Waals surface area contributed by atoms with Crippen LogP contribution in [-0.4, -0.2) is 30.6 Å². The van der Waals surface area contributed by atoms with Gasteiger partial charge in [-0.3, -0.25) is 9.59 Å². The molecule has 0 aromatic carbocycles. The van der Waals surface area contributed by atoms with Gasteiger partial charge in [0.25, 0.3) is 0 Å². The summed E-state index contributed by atoms with van der Waals surface area (Å²) in [6.45, 7) is 5.57. The Bertz CT molecular complexity index is 221. The number of hydrogen-bond donors (Lipinski definition) is 2. The molecule has 0 fully saturated rings. The van der Waals surface area contributed by atoms with Gasteiger partial charge in [-0.05, 0) is 20.8 Å². The van der Waals surface area contributed by atoms with E-state index in [1.165, 1.54) is 7.11 Å². The zero-order chi connectivity index (χ0) is 11.4. The van der Waals surface area contributed by atoms with E-state index in [0.29, 0.717) is 0 Å². The predicted molar refractivity (Wildman–Crippen MR) is 52.5 cm³/mol. The van der Waals surface area contributed by atoms with Crippen molar-refractivity contribution in [2.45, 2.75) is 38.8 Å². The molecule has 0 heterocycles. The number of esters is 1. The monoisotopic (exact) mass is 202 g/mol. The van der Waals surface area contributed by atoms with Crippen LogP contribution in [0.5, 0.6) is 0 Å². The summed E-state index contributed by atoms with van der Waals surface area (Å²) in [5.41, 5.74) is 5.10. The second-order valence-electron chi connectivity index (χ2n) is 4.13. The largest absolute Gasteiger partial charge is 0.468 e. The average Bonchev–Trinajstić information content (AvgIpc) is 1.99. The minimum absolute atomic E-state index is 0.0516. The molecule has 5 nitrogen and oxygen atoms in total. The molecule has 0 saturated heterocycles. The number of hydrogen-bond acceptors (Lipinski definition) is 4. The summed E-state index contributed by atoms with van der Waals surface area (Å²) < 4.78 is 4.40. The van der Waals surface area contributed by atoms with Gasteiger partial charge in [-0.1, -0.05) is 0 Å². The number of carbonyl (C=O) groups is 2. The van der Waals surface area contributed by atoms with Crippen LogP contribution in [0, 0.1) is 0 Å². The van der Waals surface area contributed by atoms with Crippen LogP contribution in [0.2, 0.25) is 0 Å². The fraction of sp³-hybridized carbons (Fsp3) is 0.778. The van der Waals surface area contributed by atoms with Crippen LogP contribution in [0.15, 0.2) is 0 Å². The highest BCUT2D eigenvalue weighted by molar-refractivity contribution is 5.85. The highest BCUT2D eigenvalue weighted by Crippen LogP contribution is 2.00. The second kappa shape index (κ2) is 4.95. The van der Waals surface area contributed by atoms with Gasteiger partial charge < -0.3 is 15.8 Å². The molecule has 0 spiro atoms. The molecular formula is C9H18N2O3. The maximum absolute atomic E-state index is 11.3. The Labute approximate surface area is 84.0 Å². The third-order valence-corrected chi connectivity index (χ3v) is 1.42. The highest BCUT2D eigenvalue weighted by Gasteiger charge is 2.20. The maximum atomic E-state index is 11.3. The summed E-state index contributed by atoms with van der Waals surface area (Å²) in [5.74, 6) is -0.829. The van der Waals surface area contributed by atoms with E-state index >= 15 is 0 Å². The van der Waals surface area contributed by atoms with Crippen molar-refractivity contribution >= 4 is 11.9 Å². The Morgan fingerprint density at radius 3 is 2.29 bits per heavy atom. The van der Waals surface area contributed by atoms with Crippen molar-refractivity contribution in [1.82, 2.24) is 5.32 Å². The van der Waals surface area contributed by atoms with E-state index in [1.54, 1.807) is 0 Å². The Kier molecular flexibility index (Phi) is 4.56. The second-order valence-corrected chi connectivity index (χ2v) is 4.13. The van der Waals surface area contributed by atoms with Gasteiger partial charge in [-0.25, -0.2) is 0 Å². The molecule has 0 aliphatic heterocycles. The number of rotatable bonds is 3. The van der Waals surface area contributed by atoms with E-state index in [4.69, 9.17) is 5.73 Å². The summed E-state index contributed by atoms with van der Waals surface area (Å²) in [4.78, 5) is 22.2. The van der Waals surface area contributed by atoms with E-state index in [9.17, 15) is 9.59 Å². The first-order valence-electron chi connectivity index (χ1n) is 4.40. The van der Waals surface area contributed by atoms with Crippen molar-refractivity contribution in [1.29, 1.82) is 0 Å². The van der Waals surface area contributed by atoms with E-state index in [2.05, 4.69) is 10.1 Å². The molecule has 0 aliphatic rings. The molecule has 0 rings (SSSR count). The lowest BCUT2D eigenvalue weighted by atomic mass is 10.1. The van der Waals surface area contributed by atoms with Crippen LogP contribution in [0.3, 0.4) is 0 Å². The van der Waals surface area contributed by atoms with Crippen molar-refractivity contribution < 1.29 is 14.3 Å². The minimum Gasteiger partial charge on any atom is -0.468 e. The summed E-state index contributed by atoms with van der Waals surface area (Å²) in [6.07, 6.45) is -0.0516. The minimum atomic E-state index is -0.887. The molecule has 0 aliphatic carbocycles. The summed E-state index contributed by atoms with van der Waals surface area (Å²) in [5, 5.41) is 2.70. The highest BCUT2D eigenvalue weighted by atomic mass is 16.5. The SMILES string of the molecule is COC(=O)[C@@H](N)CC(=O)NC(C)(C)C. The third kappa shape index (κ3) is 5.53. The van der Waals surface area contributed by atoms with Crippen LogP contribution < -0.4 is 11.1 Å². The smallest absolute Gasteiger partial charge is 0.323 e. The Hall–Kier alpha value is -1.10. The number of nitrogens with one attached hydrogen (secondary N) is 1. The first-order valence-corrected chi connectivity index (χ1v) is 4.40. The quantitative estimate of drug-likeness (QED) is 0.620. The topological polar surface area (TPSA) is 81.4 Å². The molecular weight excluding hydrogens is 184 g/mol. The lowest BCUT2D eigenvalue weighted by Gasteiger charge is -2.21. The summed E-state index contributed by atoms with van der Waals surface area (Å²) in [7, 11) is 1.24. The Morgan fingerprint density at radius 1 is 1.43 bits per heavy atom. The first-order chi connectivity index (χ1) is 6.26. The normalized spacial score (nSPS) is 13.2. The molecule has 14 heavy (non-hydrogen) atoms. The molecule has 0 unspecified atom stereocenters. The molecule has 0 saturated carbocycles. The van der Waals surface area contributed by atoms with Gasteiger partial charge in [0.2, 0.25) is 5.91 Å². The van der Waals surface area contributed by atoms with Crippen LogP contribution in [0.1, 0.15) is 27.2 Å². The number of nitrogens with two attached hydrogens (primary N) is 1. The fourth-order valence-corrected chi connectivity index (χ4v) is 0.904. The Balaban J connectivity index is 4.01. The van der Waals surface area contributed by atoms with Crippen molar-refractivity contribution in [3.63, 3.8) is 0 Å². The van der Waals surface area contributed by atoms with Gasteiger partial charge in [0.1, 0.15) is 6.04 Å². The zero-order valence-corrected chi connectivity index (χ0v) is 9.09. The zero-order valence-electron chi connectivity index (χ0n) is 9.09. The molecule has 3 N–H and O–H groups in total. The lowest BCUT2D eigenvalue weighted by molar-refractivity contribution is -0.144. The molecule has 0 aromatic rings. The van der Waals surface area contributed by atoms with E-state index in [-0.39, 0.29) is 17.9 Å². The molecule has 0 bridgehead atoms. The van der Waals surface area contributed by atoms with Gasteiger partial charge in [0, 0.05) is 5.54 Å². The van der Waals surface area contributed by atoms with Crippen LogP contribution >= 0.6 is 0 Å². The van der Waals surface area contributed by atoms with Crippen LogP contribution in [-0.2, 0) is 14.3 Å². The molecule has 82 valence electrons. The molecule has 1 atom stereocenters. The van der Waals surface area contributed by atoms with Crippen molar-refractivity contribution in [2.24, 2.45) is 5.73 Å². The number of ether oxygens (including phenoxy) is 1. The molecule has 0 radical (unpaired) electrons.